The summed E-state index contributed by atoms with van der Waals surface area (Å²) in [5, 5.41) is 3.51. The maximum atomic E-state index is 5.87. The van der Waals surface area contributed by atoms with E-state index in [4.69, 9.17) is 4.74 Å². The van der Waals surface area contributed by atoms with Crippen LogP contribution in [0.25, 0.3) is 0 Å². The maximum absolute atomic E-state index is 5.87. The van der Waals surface area contributed by atoms with Crippen LogP contribution in [0.1, 0.15) is 39.8 Å². The predicted octanol–water partition coefficient (Wildman–Crippen LogP) is 4.05. The van der Waals surface area contributed by atoms with E-state index in [1.807, 2.05) is 13.1 Å². The molecule has 0 bridgehead atoms. The van der Waals surface area contributed by atoms with E-state index in [1.165, 1.54) is 27.8 Å². The topological polar surface area (TPSA) is 21.3 Å². The second-order valence-electron chi connectivity index (χ2n) is 6.01. The van der Waals surface area contributed by atoms with E-state index >= 15 is 0 Å². The molecule has 1 aliphatic rings. The fourth-order valence-electron chi connectivity index (χ4n) is 3.35. The van der Waals surface area contributed by atoms with Gasteiger partial charge < -0.3 is 10.1 Å². The van der Waals surface area contributed by atoms with Gasteiger partial charge in [0.15, 0.2) is 0 Å². The Labute approximate surface area is 127 Å². The molecule has 2 heteroatoms. The summed E-state index contributed by atoms with van der Waals surface area (Å²) in [6, 6.07) is 13.3. The molecule has 21 heavy (non-hydrogen) atoms. The fourth-order valence-corrected chi connectivity index (χ4v) is 3.35. The lowest BCUT2D eigenvalue weighted by molar-refractivity contribution is 0.304. The van der Waals surface area contributed by atoms with Crippen molar-refractivity contribution in [2.24, 2.45) is 0 Å². The smallest absolute Gasteiger partial charge is 0.122 e. The molecule has 0 saturated heterocycles. The van der Waals surface area contributed by atoms with Crippen LogP contribution in [0.3, 0.4) is 0 Å². The van der Waals surface area contributed by atoms with E-state index in [2.05, 4.69) is 56.4 Å². The number of likely N-dealkylation sites (N-methyl/N-ethyl adjacent to an activating group) is 1. The minimum Gasteiger partial charge on any atom is -0.493 e. The van der Waals surface area contributed by atoms with E-state index in [9.17, 15) is 0 Å². The number of para-hydroxylation sites is 1. The summed E-state index contributed by atoms with van der Waals surface area (Å²) in [4.78, 5) is 0. The Bertz CT molecular complexity index is 663. The number of rotatable bonds is 3. The highest BCUT2D eigenvalue weighted by Crippen LogP contribution is 2.42. The molecule has 2 aromatic rings. The van der Waals surface area contributed by atoms with Crippen molar-refractivity contribution in [1.82, 2.24) is 5.32 Å². The molecule has 1 aliphatic heterocycles. The standard InChI is InChI=1S/C19H23NO/c1-12-9-14(3)16(10-13(12)2)19(20-4)17-11-21-18-8-6-5-7-15(17)18/h5-10,17,19-20H,11H2,1-4H3. The van der Waals surface area contributed by atoms with Gasteiger partial charge in [-0.2, -0.15) is 0 Å². The monoisotopic (exact) mass is 281 g/mol. The van der Waals surface area contributed by atoms with Gasteiger partial charge in [-0.25, -0.2) is 0 Å². The van der Waals surface area contributed by atoms with Crippen molar-refractivity contribution in [2.75, 3.05) is 13.7 Å². The van der Waals surface area contributed by atoms with Crippen molar-refractivity contribution in [3.8, 4) is 5.75 Å². The van der Waals surface area contributed by atoms with Crippen LogP contribution in [0.5, 0.6) is 5.75 Å². The molecule has 0 fully saturated rings. The first-order valence-electron chi connectivity index (χ1n) is 7.58. The summed E-state index contributed by atoms with van der Waals surface area (Å²) in [6.07, 6.45) is 0. The van der Waals surface area contributed by atoms with E-state index in [1.54, 1.807) is 0 Å². The molecule has 2 atom stereocenters. The van der Waals surface area contributed by atoms with Gasteiger partial charge >= 0.3 is 0 Å². The van der Waals surface area contributed by atoms with Crippen molar-refractivity contribution in [3.63, 3.8) is 0 Å². The predicted molar refractivity (Wildman–Crippen MR) is 87.1 cm³/mol. The third kappa shape index (κ3) is 2.44. The molecule has 0 spiro atoms. The first kappa shape index (κ1) is 14.2. The zero-order valence-corrected chi connectivity index (χ0v) is 13.2. The Morgan fingerprint density at radius 3 is 2.52 bits per heavy atom. The Balaban J connectivity index is 2.03. The number of hydrogen-bond donors (Lipinski definition) is 1. The lowest BCUT2D eigenvalue weighted by atomic mass is 9.85. The second-order valence-corrected chi connectivity index (χ2v) is 6.01. The Kier molecular flexibility index (Phi) is 3.73. The third-order valence-corrected chi connectivity index (χ3v) is 4.67. The van der Waals surface area contributed by atoms with E-state index in [-0.39, 0.29) is 6.04 Å². The summed E-state index contributed by atoms with van der Waals surface area (Å²) in [6.45, 7) is 7.31. The van der Waals surface area contributed by atoms with Crippen LogP contribution in [-0.4, -0.2) is 13.7 Å². The van der Waals surface area contributed by atoms with Crippen LogP contribution in [0.4, 0.5) is 0 Å². The van der Waals surface area contributed by atoms with Crippen molar-refractivity contribution in [3.05, 3.63) is 64.2 Å². The quantitative estimate of drug-likeness (QED) is 0.916. The number of benzene rings is 2. The minimum absolute atomic E-state index is 0.285. The largest absolute Gasteiger partial charge is 0.493 e. The molecule has 0 aliphatic carbocycles. The normalized spacial score (nSPS) is 18.2. The molecular formula is C19H23NO. The first-order chi connectivity index (χ1) is 10.1. The van der Waals surface area contributed by atoms with Gasteiger partial charge in [-0.1, -0.05) is 30.3 Å². The molecule has 0 amide bonds. The number of aryl methyl sites for hydroxylation is 3. The van der Waals surface area contributed by atoms with E-state index in [0.29, 0.717) is 5.92 Å². The van der Waals surface area contributed by atoms with Crippen molar-refractivity contribution < 1.29 is 4.74 Å². The number of ether oxygens (including phenoxy) is 1. The molecule has 0 radical (unpaired) electrons. The molecule has 1 heterocycles. The Morgan fingerprint density at radius 1 is 1.05 bits per heavy atom. The zero-order chi connectivity index (χ0) is 15.0. The summed E-state index contributed by atoms with van der Waals surface area (Å²) in [5.41, 5.74) is 6.75. The molecule has 2 nitrogen and oxygen atoms in total. The van der Waals surface area contributed by atoms with E-state index in [0.717, 1.165) is 12.4 Å². The fraction of sp³-hybridized carbons (Fsp3) is 0.368. The number of hydrogen-bond acceptors (Lipinski definition) is 2. The van der Waals surface area contributed by atoms with Gasteiger partial charge in [-0.3, -0.25) is 0 Å². The minimum atomic E-state index is 0.285. The zero-order valence-electron chi connectivity index (χ0n) is 13.2. The molecule has 110 valence electrons. The van der Waals surface area contributed by atoms with Gasteiger partial charge in [0.1, 0.15) is 5.75 Å². The summed E-state index contributed by atoms with van der Waals surface area (Å²) >= 11 is 0. The molecule has 0 saturated carbocycles. The van der Waals surface area contributed by atoms with Gasteiger partial charge in [0.25, 0.3) is 0 Å². The van der Waals surface area contributed by atoms with Crippen LogP contribution < -0.4 is 10.1 Å². The molecule has 3 rings (SSSR count). The van der Waals surface area contributed by atoms with Gasteiger partial charge in [0.2, 0.25) is 0 Å². The average molecular weight is 281 g/mol. The first-order valence-corrected chi connectivity index (χ1v) is 7.58. The second kappa shape index (κ2) is 5.53. The van der Waals surface area contributed by atoms with Gasteiger partial charge in [-0.15, -0.1) is 0 Å². The van der Waals surface area contributed by atoms with E-state index < -0.39 is 0 Å². The molecule has 1 N–H and O–H groups in total. The van der Waals surface area contributed by atoms with Crippen molar-refractivity contribution in [2.45, 2.75) is 32.7 Å². The average Bonchev–Trinajstić information content (AvgIpc) is 2.89. The number of fused-ring (bicyclic) bond motifs is 1. The Hall–Kier alpha value is -1.80. The molecule has 2 aromatic carbocycles. The van der Waals surface area contributed by atoms with Crippen molar-refractivity contribution >= 4 is 0 Å². The van der Waals surface area contributed by atoms with Crippen LogP contribution >= 0.6 is 0 Å². The lowest BCUT2D eigenvalue weighted by Crippen LogP contribution is -2.25. The highest BCUT2D eigenvalue weighted by Gasteiger charge is 2.32. The molecule has 2 unspecified atom stereocenters. The third-order valence-electron chi connectivity index (χ3n) is 4.67. The van der Waals surface area contributed by atoms with Crippen LogP contribution in [0, 0.1) is 20.8 Å². The summed E-state index contributed by atoms with van der Waals surface area (Å²) < 4.78 is 5.87. The lowest BCUT2D eigenvalue weighted by Gasteiger charge is -2.25. The van der Waals surface area contributed by atoms with Crippen LogP contribution in [-0.2, 0) is 0 Å². The highest BCUT2D eigenvalue weighted by molar-refractivity contribution is 5.45. The Morgan fingerprint density at radius 2 is 1.76 bits per heavy atom. The number of nitrogens with one attached hydrogen (secondary N) is 1. The highest BCUT2D eigenvalue weighted by atomic mass is 16.5. The van der Waals surface area contributed by atoms with Gasteiger partial charge in [0.05, 0.1) is 6.61 Å². The van der Waals surface area contributed by atoms with Crippen LogP contribution in [0.15, 0.2) is 36.4 Å². The SMILES string of the molecule is CNC(c1cc(C)c(C)cc1C)C1COc2ccccc21. The van der Waals surface area contributed by atoms with Crippen molar-refractivity contribution in [1.29, 1.82) is 0 Å². The summed E-state index contributed by atoms with van der Waals surface area (Å²) in [5.74, 6) is 1.40. The van der Waals surface area contributed by atoms with Gasteiger partial charge in [-0.05, 0) is 56.1 Å². The summed E-state index contributed by atoms with van der Waals surface area (Å²) in [7, 11) is 2.04. The van der Waals surface area contributed by atoms with Gasteiger partial charge in [0, 0.05) is 17.5 Å². The maximum Gasteiger partial charge on any atom is 0.122 e. The van der Waals surface area contributed by atoms with Crippen LogP contribution in [0.2, 0.25) is 0 Å². The molecule has 0 aromatic heterocycles. The molecular weight excluding hydrogens is 258 g/mol.